The summed E-state index contributed by atoms with van der Waals surface area (Å²) >= 11 is 0. The molecule has 0 N–H and O–H groups in total. The molecule has 0 radical (unpaired) electrons. The predicted molar refractivity (Wildman–Crippen MR) is 104 cm³/mol. The van der Waals surface area contributed by atoms with E-state index in [-0.39, 0.29) is 22.2 Å². The molecule has 2 heterocycles. The van der Waals surface area contributed by atoms with Crippen LogP contribution in [-0.2, 0) is 17.4 Å². The number of benzene rings is 2. The van der Waals surface area contributed by atoms with Gasteiger partial charge in [-0.2, -0.15) is 5.26 Å². The van der Waals surface area contributed by atoms with Crippen molar-refractivity contribution in [2.24, 2.45) is 5.92 Å². The maximum absolute atomic E-state index is 13.0. The van der Waals surface area contributed by atoms with Crippen molar-refractivity contribution in [1.82, 2.24) is 0 Å². The highest BCUT2D eigenvalue weighted by atomic mass is 32.2. The molecule has 138 valence electrons. The first-order valence-corrected chi connectivity index (χ1v) is 10.6. The van der Waals surface area contributed by atoms with Crippen LogP contribution in [0.2, 0.25) is 0 Å². The largest absolute Gasteiger partial charge is 0.487 e. The summed E-state index contributed by atoms with van der Waals surface area (Å²) < 4.78 is 18.0. The smallest absolute Gasteiger partial charge is 0.166 e. The van der Waals surface area contributed by atoms with E-state index in [0.29, 0.717) is 36.3 Å². The fraction of sp³-hybridized carbons (Fsp3) is 0.364. The summed E-state index contributed by atoms with van der Waals surface area (Å²) in [5.74, 6) is 0.447. The maximum Gasteiger partial charge on any atom is 0.166 e. The van der Waals surface area contributed by atoms with Gasteiger partial charge in [0.2, 0.25) is 0 Å². The van der Waals surface area contributed by atoms with Gasteiger partial charge in [-0.05, 0) is 49.4 Å². The molecule has 2 bridgehead atoms. The maximum atomic E-state index is 13.0. The molecule has 0 aliphatic carbocycles. The van der Waals surface area contributed by atoms with Gasteiger partial charge in [0.15, 0.2) is 5.78 Å². The number of hydrogen-bond acceptors (Lipinski definition) is 4. The van der Waals surface area contributed by atoms with Crippen LogP contribution < -0.4 is 4.74 Å². The molecule has 0 aromatic heterocycles. The topological polar surface area (TPSA) is 67.2 Å². The molecule has 4 nitrogen and oxygen atoms in total. The third-order valence-corrected chi connectivity index (χ3v) is 7.73. The first-order chi connectivity index (χ1) is 13.2. The predicted octanol–water partition coefficient (Wildman–Crippen LogP) is 4.01. The highest BCUT2D eigenvalue weighted by Crippen LogP contribution is 2.40. The first-order valence-electron chi connectivity index (χ1n) is 9.30. The van der Waals surface area contributed by atoms with Gasteiger partial charge in [0, 0.05) is 32.8 Å². The minimum absolute atomic E-state index is 0.0740. The van der Waals surface area contributed by atoms with Gasteiger partial charge in [-0.25, -0.2) is 0 Å². The van der Waals surface area contributed by atoms with Crippen LogP contribution in [0.15, 0.2) is 48.5 Å². The fourth-order valence-corrected chi connectivity index (χ4v) is 6.23. The van der Waals surface area contributed by atoms with E-state index in [1.54, 1.807) is 18.2 Å². The average Bonchev–Trinajstić information content (AvgIpc) is 2.92. The van der Waals surface area contributed by atoms with Crippen LogP contribution in [0.1, 0.15) is 47.2 Å². The molecule has 0 spiro atoms. The first kappa shape index (κ1) is 17.9. The van der Waals surface area contributed by atoms with Crippen molar-refractivity contribution in [2.45, 2.75) is 42.8 Å². The lowest BCUT2D eigenvalue weighted by molar-refractivity contribution is 0.0905. The van der Waals surface area contributed by atoms with Crippen LogP contribution in [-0.4, -0.2) is 20.5 Å². The number of ether oxygens (including phenoxy) is 1. The van der Waals surface area contributed by atoms with Crippen molar-refractivity contribution in [1.29, 1.82) is 5.26 Å². The zero-order chi connectivity index (χ0) is 18.8. The molecule has 2 saturated heterocycles. The molecule has 2 atom stereocenters. The molecular formula is C22H21NO3S. The second-order valence-corrected chi connectivity index (χ2v) is 9.27. The van der Waals surface area contributed by atoms with Crippen LogP contribution in [0.25, 0.3) is 0 Å². The SMILES string of the molecule is N#Cc1ccc(C(=O)C2CC3CCC(C2)S3=O)cc1OCc1ccccc1. The summed E-state index contributed by atoms with van der Waals surface area (Å²) in [5, 5.41) is 9.69. The Balaban J connectivity index is 1.52. The Morgan fingerprint density at radius 2 is 1.81 bits per heavy atom. The second-order valence-electron chi connectivity index (χ2n) is 7.28. The molecular weight excluding hydrogens is 358 g/mol. The normalized spacial score (nSPS) is 26.3. The zero-order valence-corrected chi connectivity index (χ0v) is 15.8. The van der Waals surface area contributed by atoms with Crippen molar-refractivity contribution in [3.63, 3.8) is 0 Å². The summed E-state index contributed by atoms with van der Waals surface area (Å²) in [5.41, 5.74) is 2.01. The van der Waals surface area contributed by atoms with Crippen LogP contribution in [0.4, 0.5) is 0 Å². The van der Waals surface area contributed by atoms with Crippen molar-refractivity contribution < 1.29 is 13.7 Å². The lowest BCUT2D eigenvalue weighted by Gasteiger charge is -2.26. The number of carbonyl (C=O) groups is 1. The number of fused-ring (bicyclic) bond motifs is 2. The molecule has 2 aliphatic rings. The van der Waals surface area contributed by atoms with Gasteiger partial charge in [-0.3, -0.25) is 9.00 Å². The van der Waals surface area contributed by atoms with E-state index in [1.165, 1.54) is 0 Å². The number of hydrogen-bond donors (Lipinski definition) is 0. The monoisotopic (exact) mass is 379 g/mol. The highest BCUT2D eigenvalue weighted by Gasteiger charge is 2.42. The molecule has 2 aliphatic heterocycles. The summed E-state index contributed by atoms with van der Waals surface area (Å²) in [6.07, 6.45) is 3.37. The van der Waals surface area contributed by atoms with E-state index >= 15 is 0 Å². The Morgan fingerprint density at radius 1 is 1.11 bits per heavy atom. The van der Waals surface area contributed by atoms with E-state index < -0.39 is 10.8 Å². The van der Waals surface area contributed by atoms with Gasteiger partial charge in [0.25, 0.3) is 0 Å². The lowest BCUT2D eigenvalue weighted by Crippen LogP contribution is -2.32. The molecule has 2 aromatic rings. The van der Waals surface area contributed by atoms with E-state index in [4.69, 9.17) is 4.74 Å². The Hall–Kier alpha value is -2.45. The molecule has 0 amide bonds. The van der Waals surface area contributed by atoms with Crippen molar-refractivity contribution in [3.05, 3.63) is 65.2 Å². The number of rotatable bonds is 5. The lowest BCUT2D eigenvalue weighted by atomic mass is 9.90. The number of nitrogens with zero attached hydrogens (tertiary/aromatic N) is 1. The van der Waals surface area contributed by atoms with E-state index in [2.05, 4.69) is 6.07 Å². The van der Waals surface area contributed by atoms with Crippen LogP contribution in [0.3, 0.4) is 0 Å². The number of carbonyl (C=O) groups excluding carboxylic acids is 1. The Bertz CT molecular complexity index is 903. The average molecular weight is 379 g/mol. The number of ketones is 1. The van der Waals surface area contributed by atoms with Crippen LogP contribution in [0, 0.1) is 17.2 Å². The van der Waals surface area contributed by atoms with Gasteiger partial charge in [-0.15, -0.1) is 0 Å². The standard InChI is InChI=1S/C22H21NO3S/c23-13-17-7-6-16(12-21(17)26-14-15-4-2-1-3-5-15)22(24)18-10-19-8-9-20(11-18)27(19)25/h1-7,12,18-20H,8-11,14H2. The quantitative estimate of drug-likeness (QED) is 0.736. The third kappa shape index (κ3) is 3.68. The van der Waals surface area contributed by atoms with E-state index in [9.17, 15) is 14.3 Å². The van der Waals surface area contributed by atoms with Crippen molar-refractivity contribution in [3.8, 4) is 11.8 Å². The second kappa shape index (κ2) is 7.66. The molecule has 27 heavy (non-hydrogen) atoms. The van der Waals surface area contributed by atoms with E-state index in [1.807, 2.05) is 30.3 Å². The van der Waals surface area contributed by atoms with E-state index in [0.717, 1.165) is 18.4 Å². The highest BCUT2D eigenvalue weighted by molar-refractivity contribution is 7.86. The zero-order valence-electron chi connectivity index (χ0n) is 15.0. The Morgan fingerprint density at radius 3 is 2.48 bits per heavy atom. The molecule has 2 unspecified atom stereocenters. The number of Topliss-reactive ketones (excluding diaryl/α,β-unsaturated/α-hetero) is 1. The van der Waals surface area contributed by atoms with Gasteiger partial charge >= 0.3 is 0 Å². The summed E-state index contributed by atoms with van der Waals surface area (Å²) in [6, 6.07) is 16.9. The molecule has 2 aromatic carbocycles. The molecule has 4 rings (SSSR count). The van der Waals surface area contributed by atoms with Gasteiger partial charge in [-0.1, -0.05) is 30.3 Å². The van der Waals surface area contributed by atoms with Gasteiger partial charge in [0.05, 0.1) is 5.56 Å². The molecule has 2 fully saturated rings. The van der Waals surface area contributed by atoms with Gasteiger partial charge in [0.1, 0.15) is 18.4 Å². The molecule has 5 heteroatoms. The third-order valence-electron chi connectivity index (χ3n) is 5.56. The fourth-order valence-electron chi connectivity index (χ4n) is 4.11. The van der Waals surface area contributed by atoms with Gasteiger partial charge < -0.3 is 4.74 Å². The minimum Gasteiger partial charge on any atom is -0.487 e. The summed E-state index contributed by atoms with van der Waals surface area (Å²) in [6.45, 7) is 0.347. The Labute approximate surface area is 161 Å². The molecule has 0 saturated carbocycles. The van der Waals surface area contributed by atoms with Crippen molar-refractivity contribution in [2.75, 3.05) is 0 Å². The van der Waals surface area contributed by atoms with Crippen LogP contribution >= 0.6 is 0 Å². The minimum atomic E-state index is -0.766. The summed E-state index contributed by atoms with van der Waals surface area (Å²) in [4.78, 5) is 13.0. The number of nitriles is 1. The summed E-state index contributed by atoms with van der Waals surface area (Å²) in [7, 11) is -0.766. The van der Waals surface area contributed by atoms with Crippen LogP contribution in [0.5, 0.6) is 5.75 Å². The Kier molecular flexibility index (Phi) is 5.09. The van der Waals surface area contributed by atoms with Crippen molar-refractivity contribution >= 4 is 16.6 Å².